The Labute approximate surface area is 169 Å². The van der Waals surface area contributed by atoms with Gasteiger partial charge in [-0.15, -0.1) is 11.3 Å². The summed E-state index contributed by atoms with van der Waals surface area (Å²) in [5.41, 5.74) is 2.43. The van der Waals surface area contributed by atoms with Crippen molar-refractivity contribution < 1.29 is 13.6 Å². The fourth-order valence-corrected chi connectivity index (χ4v) is 4.64. The maximum atomic E-state index is 15.1. The van der Waals surface area contributed by atoms with Gasteiger partial charge in [-0.05, 0) is 42.8 Å². The second kappa shape index (κ2) is 6.45. The number of hydrogen-bond acceptors (Lipinski definition) is 4. The molecule has 0 radical (unpaired) electrons. The third-order valence-corrected chi connectivity index (χ3v) is 6.30. The van der Waals surface area contributed by atoms with Crippen molar-refractivity contribution in [1.29, 1.82) is 0 Å². The molecule has 1 N–H and O–H groups in total. The van der Waals surface area contributed by atoms with Crippen LogP contribution in [0.2, 0.25) is 0 Å². The van der Waals surface area contributed by atoms with Gasteiger partial charge in [0.05, 0.1) is 39.2 Å². The van der Waals surface area contributed by atoms with E-state index >= 15 is 8.78 Å². The molecule has 5 nitrogen and oxygen atoms in total. The lowest BCUT2D eigenvalue weighted by Gasteiger charge is -2.46. The third-order valence-electron chi connectivity index (χ3n) is 5.34. The van der Waals surface area contributed by atoms with E-state index < -0.39 is 23.6 Å². The first kappa shape index (κ1) is 17.9. The van der Waals surface area contributed by atoms with E-state index in [9.17, 15) is 4.79 Å². The standard InChI is InChI=1S/C21H16F2N4OS/c1-10-20(27(21(10)28)13-3-4-16-17(7-13)26-9-25-16)19-14(22)5-12(6-15(19)23)18-8-24-11(2)29-18/h3-10,20H,1-2H3,(H,25,26)/t10-,20?/m1/s1. The predicted octanol–water partition coefficient (Wildman–Crippen LogP) is 5.00. The Morgan fingerprint density at radius 1 is 1.14 bits per heavy atom. The fourth-order valence-electron chi connectivity index (χ4n) is 3.87. The van der Waals surface area contributed by atoms with Crippen molar-refractivity contribution in [2.45, 2.75) is 19.9 Å². The number of hydrogen-bond donors (Lipinski definition) is 1. The summed E-state index contributed by atoms with van der Waals surface area (Å²) in [5.74, 6) is -2.03. The van der Waals surface area contributed by atoms with Gasteiger partial charge in [0.15, 0.2) is 0 Å². The number of imidazole rings is 1. The number of aromatic nitrogens is 3. The highest BCUT2D eigenvalue weighted by Crippen LogP contribution is 2.46. The maximum absolute atomic E-state index is 15.1. The van der Waals surface area contributed by atoms with E-state index in [0.29, 0.717) is 21.6 Å². The van der Waals surface area contributed by atoms with E-state index in [1.165, 1.54) is 28.4 Å². The van der Waals surface area contributed by atoms with Gasteiger partial charge in [0.25, 0.3) is 0 Å². The summed E-state index contributed by atoms with van der Waals surface area (Å²) in [6, 6.07) is 7.21. The van der Waals surface area contributed by atoms with Crippen LogP contribution >= 0.6 is 11.3 Å². The summed E-state index contributed by atoms with van der Waals surface area (Å²) in [6.45, 7) is 3.53. The Morgan fingerprint density at radius 3 is 2.59 bits per heavy atom. The Kier molecular flexibility index (Phi) is 3.99. The van der Waals surface area contributed by atoms with E-state index in [0.717, 1.165) is 10.5 Å². The van der Waals surface area contributed by atoms with Gasteiger partial charge in [0.2, 0.25) is 5.91 Å². The van der Waals surface area contributed by atoms with Crippen LogP contribution < -0.4 is 4.90 Å². The highest BCUT2D eigenvalue weighted by molar-refractivity contribution is 7.15. The molecule has 0 saturated carbocycles. The summed E-state index contributed by atoms with van der Waals surface area (Å²) in [7, 11) is 0. The Balaban J connectivity index is 1.57. The van der Waals surface area contributed by atoms with Gasteiger partial charge in [-0.2, -0.15) is 0 Å². The van der Waals surface area contributed by atoms with Gasteiger partial charge in [0.1, 0.15) is 11.6 Å². The molecule has 29 heavy (non-hydrogen) atoms. The van der Waals surface area contributed by atoms with E-state index in [1.54, 1.807) is 37.6 Å². The number of aromatic amines is 1. The lowest BCUT2D eigenvalue weighted by atomic mass is 9.82. The van der Waals surface area contributed by atoms with Gasteiger partial charge in [-0.3, -0.25) is 4.79 Å². The zero-order chi connectivity index (χ0) is 20.3. The largest absolute Gasteiger partial charge is 0.345 e. The summed E-state index contributed by atoms with van der Waals surface area (Å²) in [5, 5.41) is 0.822. The number of β-lactam (4-membered cyclic amide) rings is 1. The Bertz CT molecular complexity index is 1240. The monoisotopic (exact) mass is 410 g/mol. The third kappa shape index (κ3) is 2.74. The number of amides is 1. The summed E-state index contributed by atoms with van der Waals surface area (Å²) >= 11 is 1.37. The fraction of sp³-hybridized carbons (Fsp3) is 0.190. The SMILES string of the molecule is Cc1ncc(-c2cc(F)c(C3[C@@H](C)C(=O)N3c3ccc4[nH]cnc4c3)c(F)c2)s1. The van der Waals surface area contributed by atoms with Crippen molar-refractivity contribution in [3.8, 4) is 10.4 Å². The molecule has 1 aliphatic rings. The number of carbonyl (C=O) groups excluding carboxylic acids is 1. The zero-order valence-electron chi connectivity index (χ0n) is 15.6. The van der Waals surface area contributed by atoms with Gasteiger partial charge in [-0.1, -0.05) is 6.92 Å². The summed E-state index contributed by atoms with van der Waals surface area (Å²) in [4.78, 5) is 26.0. The van der Waals surface area contributed by atoms with Crippen LogP contribution in [-0.2, 0) is 4.79 Å². The van der Waals surface area contributed by atoms with Crippen LogP contribution in [0.15, 0.2) is 42.9 Å². The molecule has 0 aliphatic carbocycles. The molecule has 4 aromatic rings. The molecule has 2 atom stereocenters. The van der Waals surface area contributed by atoms with Gasteiger partial charge >= 0.3 is 0 Å². The van der Waals surface area contributed by atoms with Crippen molar-refractivity contribution in [1.82, 2.24) is 15.0 Å². The molecule has 5 rings (SSSR count). The van der Waals surface area contributed by atoms with E-state index in [-0.39, 0.29) is 11.5 Å². The molecule has 0 spiro atoms. The topological polar surface area (TPSA) is 61.9 Å². The van der Waals surface area contributed by atoms with Crippen LogP contribution in [0, 0.1) is 24.5 Å². The van der Waals surface area contributed by atoms with Crippen molar-refractivity contribution in [3.05, 3.63) is 65.1 Å². The molecule has 1 amide bonds. The number of carbonyl (C=O) groups is 1. The molecule has 1 fully saturated rings. The van der Waals surface area contributed by atoms with Gasteiger partial charge in [0, 0.05) is 17.4 Å². The van der Waals surface area contributed by atoms with Gasteiger partial charge < -0.3 is 9.88 Å². The molecular weight excluding hydrogens is 394 g/mol. The van der Waals surface area contributed by atoms with Gasteiger partial charge in [-0.25, -0.2) is 18.7 Å². The number of fused-ring (bicyclic) bond motifs is 1. The predicted molar refractivity (Wildman–Crippen MR) is 108 cm³/mol. The van der Waals surface area contributed by atoms with Crippen molar-refractivity contribution in [3.63, 3.8) is 0 Å². The Hall–Kier alpha value is -3.13. The molecule has 1 saturated heterocycles. The van der Waals surface area contributed by atoms with Crippen LogP contribution in [0.4, 0.5) is 14.5 Å². The lowest BCUT2D eigenvalue weighted by molar-refractivity contribution is -0.129. The molecule has 2 aromatic heterocycles. The normalized spacial score (nSPS) is 19.0. The molecule has 3 heterocycles. The van der Waals surface area contributed by atoms with Crippen molar-refractivity contribution in [2.24, 2.45) is 5.92 Å². The minimum absolute atomic E-state index is 0.0933. The second-order valence-corrected chi connectivity index (χ2v) is 8.38. The maximum Gasteiger partial charge on any atom is 0.232 e. The van der Waals surface area contributed by atoms with Crippen molar-refractivity contribution >= 4 is 34.0 Å². The number of anilines is 1. The minimum Gasteiger partial charge on any atom is -0.345 e. The molecule has 0 bridgehead atoms. The summed E-state index contributed by atoms with van der Waals surface area (Å²) < 4.78 is 30.1. The van der Waals surface area contributed by atoms with Crippen LogP contribution in [0.25, 0.3) is 21.5 Å². The molecule has 2 aromatic carbocycles. The van der Waals surface area contributed by atoms with Crippen LogP contribution in [0.3, 0.4) is 0 Å². The quantitative estimate of drug-likeness (QED) is 0.484. The number of aryl methyl sites for hydroxylation is 1. The highest BCUT2D eigenvalue weighted by atomic mass is 32.1. The first-order valence-corrected chi connectivity index (χ1v) is 9.93. The molecular formula is C21H16F2N4OS. The molecule has 1 unspecified atom stereocenters. The van der Waals surface area contributed by atoms with E-state index in [4.69, 9.17) is 0 Å². The number of halogens is 2. The van der Waals surface area contributed by atoms with Crippen LogP contribution in [-0.4, -0.2) is 20.9 Å². The molecule has 146 valence electrons. The average molecular weight is 410 g/mol. The molecule has 1 aliphatic heterocycles. The van der Waals surface area contributed by atoms with Crippen LogP contribution in [0.5, 0.6) is 0 Å². The first-order valence-electron chi connectivity index (χ1n) is 9.12. The van der Waals surface area contributed by atoms with Crippen LogP contribution in [0.1, 0.15) is 23.5 Å². The number of nitrogens with one attached hydrogen (secondary N) is 1. The number of nitrogens with zero attached hydrogens (tertiary/aromatic N) is 3. The highest BCUT2D eigenvalue weighted by Gasteiger charge is 2.48. The number of thiazole rings is 1. The average Bonchev–Trinajstić information content (AvgIpc) is 3.34. The smallest absolute Gasteiger partial charge is 0.232 e. The lowest BCUT2D eigenvalue weighted by Crippen LogP contribution is -2.54. The Morgan fingerprint density at radius 2 is 1.90 bits per heavy atom. The zero-order valence-corrected chi connectivity index (χ0v) is 16.4. The molecule has 8 heteroatoms. The van der Waals surface area contributed by atoms with E-state index in [2.05, 4.69) is 15.0 Å². The van der Waals surface area contributed by atoms with E-state index in [1.807, 2.05) is 6.92 Å². The number of benzene rings is 2. The van der Waals surface area contributed by atoms with Crippen molar-refractivity contribution in [2.75, 3.05) is 4.90 Å². The first-order chi connectivity index (χ1) is 13.9. The number of H-pyrrole nitrogens is 1. The minimum atomic E-state index is -0.712. The summed E-state index contributed by atoms with van der Waals surface area (Å²) in [6.07, 6.45) is 3.17. The number of rotatable bonds is 3. The second-order valence-electron chi connectivity index (χ2n) is 7.14.